The van der Waals surface area contributed by atoms with E-state index in [0.717, 1.165) is 52.3 Å². The van der Waals surface area contributed by atoms with Crippen molar-refractivity contribution in [2.75, 3.05) is 39.5 Å². The van der Waals surface area contributed by atoms with E-state index in [1.165, 1.54) is 0 Å². The van der Waals surface area contributed by atoms with E-state index in [9.17, 15) is 0 Å². The molecule has 4 nitrogen and oxygen atoms in total. The lowest BCUT2D eigenvalue weighted by atomic mass is 10.0. The third kappa shape index (κ3) is 3.91. The molecule has 0 aromatic heterocycles. The van der Waals surface area contributed by atoms with E-state index in [-0.39, 0.29) is 11.4 Å². The molecule has 2 aliphatic rings. The number of nitrogens with zero attached hydrogens (tertiary/aromatic N) is 1. The molecular formula is C13H25NO3. The molecule has 0 N–H and O–H groups in total. The minimum absolute atomic E-state index is 0.0331. The molecule has 0 atom stereocenters. The Balaban J connectivity index is 1.65. The fourth-order valence-corrected chi connectivity index (χ4v) is 2.38. The predicted octanol–water partition coefficient (Wildman–Crippen LogP) is 1.64. The number of rotatable bonds is 3. The second-order valence-electron chi connectivity index (χ2n) is 5.91. The van der Waals surface area contributed by atoms with Crippen LogP contribution in [0.25, 0.3) is 0 Å². The normalized spacial score (nSPS) is 25.6. The first-order valence-corrected chi connectivity index (χ1v) is 6.63. The van der Waals surface area contributed by atoms with Gasteiger partial charge in [0.25, 0.3) is 0 Å². The molecule has 0 amide bonds. The first kappa shape index (κ1) is 13.3. The zero-order valence-electron chi connectivity index (χ0n) is 11.3. The topological polar surface area (TPSA) is 30.9 Å². The van der Waals surface area contributed by atoms with Gasteiger partial charge in [-0.25, -0.2) is 0 Å². The first-order valence-electron chi connectivity index (χ1n) is 6.63. The van der Waals surface area contributed by atoms with Crippen LogP contribution >= 0.6 is 0 Å². The van der Waals surface area contributed by atoms with Crippen LogP contribution < -0.4 is 0 Å². The van der Waals surface area contributed by atoms with Gasteiger partial charge >= 0.3 is 0 Å². The quantitative estimate of drug-likeness (QED) is 0.754. The molecule has 0 bridgehead atoms. The Hall–Kier alpha value is -0.160. The molecule has 4 heteroatoms. The molecule has 17 heavy (non-hydrogen) atoms. The monoisotopic (exact) mass is 243 g/mol. The predicted molar refractivity (Wildman–Crippen MR) is 66.0 cm³/mol. The molecule has 2 heterocycles. The number of ether oxygens (including phenoxy) is 3. The van der Waals surface area contributed by atoms with Crippen molar-refractivity contribution < 1.29 is 14.2 Å². The third-order valence-electron chi connectivity index (χ3n) is 3.37. The van der Waals surface area contributed by atoms with Gasteiger partial charge in [-0.2, -0.15) is 0 Å². The summed E-state index contributed by atoms with van der Waals surface area (Å²) in [7, 11) is 0. The van der Waals surface area contributed by atoms with Gasteiger partial charge in [-0.3, -0.25) is 0 Å². The highest BCUT2D eigenvalue weighted by Gasteiger charge is 2.39. The lowest BCUT2D eigenvalue weighted by molar-refractivity contribution is -0.186. The Kier molecular flexibility index (Phi) is 4.08. The number of hydrogen-bond donors (Lipinski definition) is 0. The van der Waals surface area contributed by atoms with Gasteiger partial charge in [0.2, 0.25) is 0 Å². The highest BCUT2D eigenvalue weighted by Crippen LogP contribution is 2.31. The molecule has 2 fully saturated rings. The van der Waals surface area contributed by atoms with Crippen molar-refractivity contribution in [2.24, 2.45) is 0 Å². The standard InChI is InChI=1S/C13H25NO3/c1-12(2,3)15-9-8-14-6-4-13(5-7-14)16-10-11-17-13/h4-11H2,1-3H3. The van der Waals surface area contributed by atoms with Crippen molar-refractivity contribution in [3.63, 3.8) is 0 Å². The van der Waals surface area contributed by atoms with Crippen LogP contribution in [-0.4, -0.2) is 55.7 Å². The van der Waals surface area contributed by atoms with Crippen LogP contribution in [0.15, 0.2) is 0 Å². The summed E-state index contributed by atoms with van der Waals surface area (Å²) < 4.78 is 17.2. The Bertz CT molecular complexity index is 234. The second kappa shape index (κ2) is 5.22. The summed E-state index contributed by atoms with van der Waals surface area (Å²) in [5, 5.41) is 0. The van der Waals surface area contributed by atoms with Gasteiger partial charge in [0.05, 0.1) is 25.4 Å². The Morgan fingerprint density at radius 1 is 1.12 bits per heavy atom. The molecule has 0 aromatic carbocycles. The summed E-state index contributed by atoms with van der Waals surface area (Å²) in [5.41, 5.74) is -0.0331. The van der Waals surface area contributed by atoms with Gasteiger partial charge in [0.15, 0.2) is 5.79 Å². The van der Waals surface area contributed by atoms with Gasteiger partial charge < -0.3 is 19.1 Å². The summed E-state index contributed by atoms with van der Waals surface area (Å²) in [5.74, 6) is -0.249. The summed E-state index contributed by atoms with van der Waals surface area (Å²) in [6.07, 6.45) is 1.98. The van der Waals surface area contributed by atoms with Gasteiger partial charge in [-0.1, -0.05) is 0 Å². The fourth-order valence-electron chi connectivity index (χ4n) is 2.38. The largest absolute Gasteiger partial charge is 0.375 e. The third-order valence-corrected chi connectivity index (χ3v) is 3.37. The minimum atomic E-state index is -0.249. The lowest BCUT2D eigenvalue weighted by Gasteiger charge is -2.37. The maximum atomic E-state index is 5.74. The van der Waals surface area contributed by atoms with E-state index in [2.05, 4.69) is 25.7 Å². The zero-order valence-corrected chi connectivity index (χ0v) is 11.3. The Morgan fingerprint density at radius 2 is 1.71 bits per heavy atom. The van der Waals surface area contributed by atoms with Crippen LogP contribution in [-0.2, 0) is 14.2 Å². The van der Waals surface area contributed by atoms with Crippen LogP contribution in [0.4, 0.5) is 0 Å². The van der Waals surface area contributed by atoms with Gasteiger partial charge in [-0.05, 0) is 20.8 Å². The molecule has 0 aliphatic carbocycles. The number of piperidine rings is 1. The molecule has 2 aliphatic heterocycles. The van der Waals surface area contributed by atoms with Crippen LogP contribution in [0, 0.1) is 0 Å². The van der Waals surface area contributed by atoms with Crippen molar-refractivity contribution >= 4 is 0 Å². The maximum Gasteiger partial charge on any atom is 0.170 e. The highest BCUT2D eigenvalue weighted by molar-refractivity contribution is 4.82. The Labute approximate surface area is 104 Å². The smallest absolute Gasteiger partial charge is 0.170 e. The van der Waals surface area contributed by atoms with Crippen LogP contribution in [0.3, 0.4) is 0 Å². The van der Waals surface area contributed by atoms with Gasteiger partial charge in [-0.15, -0.1) is 0 Å². The summed E-state index contributed by atoms with van der Waals surface area (Å²) >= 11 is 0. The van der Waals surface area contributed by atoms with Crippen molar-refractivity contribution in [2.45, 2.75) is 45.0 Å². The molecule has 1 spiro atoms. The van der Waals surface area contributed by atoms with E-state index in [4.69, 9.17) is 14.2 Å². The zero-order chi connectivity index (χ0) is 12.4. The molecule has 2 rings (SSSR count). The van der Waals surface area contributed by atoms with Crippen LogP contribution in [0.5, 0.6) is 0 Å². The average molecular weight is 243 g/mol. The molecular weight excluding hydrogens is 218 g/mol. The highest BCUT2D eigenvalue weighted by atomic mass is 16.7. The van der Waals surface area contributed by atoms with E-state index >= 15 is 0 Å². The summed E-state index contributed by atoms with van der Waals surface area (Å²) in [6.45, 7) is 11.7. The Morgan fingerprint density at radius 3 is 2.24 bits per heavy atom. The average Bonchev–Trinajstić information content (AvgIpc) is 2.68. The van der Waals surface area contributed by atoms with E-state index < -0.39 is 0 Å². The van der Waals surface area contributed by atoms with Crippen molar-refractivity contribution in [1.29, 1.82) is 0 Å². The summed E-state index contributed by atoms with van der Waals surface area (Å²) in [4.78, 5) is 2.43. The molecule has 0 saturated carbocycles. The molecule has 0 unspecified atom stereocenters. The fraction of sp³-hybridized carbons (Fsp3) is 1.00. The van der Waals surface area contributed by atoms with Gasteiger partial charge in [0, 0.05) is 32.5 Å². The van der Waals surface area contributed by atoms with Crippen molar-refractivity contribution in [3.05, 3.63) is 0 Å². The van der Waals surface area contributed by atoms with Crippen LogP contribution in [0.1, 0.15) is 33.6 Å². The summed E-state index contributed by atoms with van der Waals surface area (Å²) in [6, 6.07) is 0. The van der Waals surface area contributed by atoms with Crippen molar-refractivity contribution in [3.8, 4) is 0 Å². The lowest BCUT2D eigenvalue weighted by Crippen LogP contribution is -2.46. The molecule has 0 aromatic rings. The maximum absolute atomic E-state index is 5.74. The SMILES string of the molecule is CC(C)(C)OCCN1CCC2(CC1)OCCO2. The number of likely N-dealkylation sites (tertiary alicyclic amines) is 1. The van der Waals surface area contributed by atoms with Crippen LogP contribution in [0.2, 0.25) is 0 Å². The van der Waals surface area contributed by atoms with E-state index in [0.29, 0.717) is 0 Å². The minimum Gasteiger partial charge on any atom is -0.375 e. The van der Waals surface area contributed by atoms with Gasteiger partial charge in [0.1, 0.15) is 0 Å². The van der Waals surface area contributed by atoms with E-state index in [1.54, 1.807) is 0 Å². The molecule has 100 valence electrons. The second-order valence-corrected chi connectivity index (χ2v) is 5.91. The van der Waals surface area contributed by atoms with Crippen molar-refractivity contribution in [1.82, 2.24) is 4.90 Å². The first-order chi connectivity index (χ1) is 7.99. The van der Waals surface area contributed by atoms with E-state index in [1.807, 2.05) is 0 Å². The molecule has 2 saturated heterocycles. The number of hydrogen-bond acceptors (Lipinski definition) is 4. The molecule has 0 radical (unpaired) electrons.